The summed E-state index contributed by atoms with van der Waals surface area (Å²) in [6, 6.07) is 3.83. The molecule has 0 saturated carbocycles. The summed E-state index contributed by atoms with van der Waals surface area (Å²) in [6.45, 7) is 2.04. The first-order chi connectivity index (χ1) is 7.59. The first-order valence-corrected chi connectivity index (χ1v) is 5.21. The maximum atomic E-state index is 11.3. The standard InChI is InChI=1S/C11H16N2O3/c1-8(11(15)16)7-10(14)13-6-4-9-3-2-5-12-9/h2-3,5,8,12H,4,6-7H2,1H3,(H,13,14)(H,15,16). The number of carboxylic acid groups (broad SMARTS) is 1. The lowest BCUT2D eigenvalue weighted by atomic mass is 10.1. The van der Waals surface area contributed by atoms with Crippen molar-refractivity contribution in [3.8, 4) is 0 Å². The fourth-order valence-corrected chi connectivity index (χ4v) is 1.30. The molecule has 1 unspecified atom stereocenters. The molecule has 0 spiro atoms. The molecule has 0 bridgehead atoms. The van der Waals surface area contributed by atoms with Crippen LogP contribution in [0.15, 0.2) is 18.3 Å². The van der Waals surface area contributed by atoms with Crippen LogP contribution in [-0.2, 0) is 16.0 Å². The minimum absolute atomic E-state index is 0.0278. The van der Waals surface area contributed by atoms with E-state index < -0.39 is 11.9 Å². The van der Waals surface area contributed by atoms with Gasteiger partial charge in [0.15, 0.2) is 0 Å². The molecule has 1 aromatic heterocycles. The van der Waals surface area contributed by atoms with Gasteiger partial charge in [-0.05, 0) is 12.1 Å². The molecule has 0 saturated heterocycles. The highest BCUT2D eigenvalue weighted by atomic mass is 16.4. The lowest BCUT2D eigenvalue weighted by Crippen LogP contribution is -2.28. The first-order valence-electron chi connectivity index (χ1n) is 5.21. The fourth-order valence-electron chi connectivity index (χ4n) is 1.30. The Labute approximate surface area is 93.9 Å². The highest BCUT2D eigenvalue weighted by Gasteiger charge is 2.14. The van der Waals surface area contributed by atoms with Crippen molar-refractivity contribution >= 4 is 11.9 Å². The van der Waals surface area contributed by atoms with Gasteiger partial charge in [-0.15, -0.1) is 0 Å². The zero-order chi connectivity index (χ0) is 12.0. The second-order valence-corrected chi connectivity index (χ2v) is 3.74. The molecule has 0 aliphatic rings. The third kappa shape index (κ3) is 4.16. The van der Waals surface area contributed by atoms with Crippen LogP contribution in [0.5, 0.6) is 0 Å². The number of rotatable bonds is 6. The van der Waals surface area contributed by atoms with Gasteiger partial charge in [-0.1, -0.05) is 6.92 Å². The van der Waals surface area contributed by atoms with Crippen LogP contribution in [0, 0.1) is 5.92 Å². The van der Waals surface area contributed by atoms with Crippen LogP contribution in [0.25, 0.3) is 0 Å². The Morgan fingerprint density at radius 1 is 1.56 bits per heavy atom. The SMILES string of the molecule is CC(CC(=O)NCCc1ccc[nH]1)C(=O)O. The van der Waals surface area contributed by atoms with E-state index in [1.54, 1.807) is 0 Å². The molecular weight excluding hydrogens is 208 g/mol. The molecule has 0 radical (unpaired) electrons. The van der Waals surface area contributed by atoms with Crippen molar-refractivity contribution in [3.05, 3.63) is 24.0 Å². The van der Waals surface area contributed by atoms with Crippen molar-refractivity contribution < 1.29 is 14.7 Å². The Kier molecular flexibility index (Phi) is 4.57. The molecule has 88 valence electrons. The van der Waals surface area contributed by atoms with Crippen molar-refractivity contribution in [1.82, 2.24) is 10.3 Å². The summed E-state index contributed by atoms with van der Waals surface area (Å²) in [5, 5.41) is 11.3. The summed E-state index contributed by atoms with van der Waals surface area (Å²) >= 11 is 0. The number of aliphatic carboxylic acids is 1. The smallest absolute Gasteiger partial charge is 0.306 e. The number of hydrogen-bond acceptors (Lipinski definition) is 2. The number of amides is 1. The molecule has 5 heteroatoms. The molecule has 5 nitrogen and oxygen atoms in total. The van der Waals surface area contributed by atoms with Gasteiger partial charge in [0.1, 0.15) is 0 Å². The molecule has 1 rings (SSSR count). The lowest BCUT2D eigenvalue weighted by molar-refractivity contribution is -0.143. The Balaban J connectivity index is 2.18. The maximum absolute atomic E-state index is 11.3. The number of aromatic amines is 1. The van der Waals surface area contributed by atoms with Crippen LogP contribution in [-0.4, -0.2) is 28.5 Å². The predicted octanol–water partition coefficient (Wildman–Crippen LogP) is 0.784. The van der Waals surface area contributed by atoms with E-state index in [2.05, 4.69) is 10.3 Å². The van der Waals surface area contributed by atoms with Crippen LogP contribution in [0.2, 0.25) is 0 Å². The summed E-state index contributed by atoms with van der Waals surface area (Å²) < 4.78 is 0. The van der Waals surface area contributed by atoms with Gasteiger partial charge in [-0.3, -0.25) is 9.59 Å². The van der Waals surface area contributed by atoms with Crippen molar-refractivity contribution in [2.45, 2.75) is 19.8 Å². The van der Waals surface area contributed by atoms with Gasteiger partial charge in [0.25, 0.3) is 0 Å². The summed E-state index contributed by atoms with van der Waals surface area (Å²) in [5.74, 6) is -1.80. The Bertz CT molecular complexity index is 346. The van der Waals surface area contributed by atoms with Crippen molar-refractivity contribution in [2.75, 3.05) is 6.54 Å². The van der Waals surface area contributed by atoms with Gasteiger partial charge in [0, 0.05) is 31.3 Å². The van der Waals surface area contributed by atoms with Crippen molar-refractivity contribution in [3.63, 3.8) is 0 Å². The number of carbonyl (C=O) groups is 2. The van der Waals surface area contributed by atoms with Crippen LogP contribution in [0.4, 0.5) is 0 Å². The molecular formula is C11H16N2O3. The topological polar surface area (TPSA) is 82.2 Å². The van der Waals surface area contributed by atoms with Crippen molar-refractivity contribution in [2.24, 2.45) is 5.92 Å². The van der Waals surface area contributed by atoms with E-state index in [0.29, 0.717) is 6.54 Å². The molecule has 1 atom stereocenters. The van der Waals surface area contributed by atoms with Gasteiger partial charge in [0.05, 0.1) is 5.92 Å². The number of hydrogen-bond donors (Lipinski definition) is 3. The Hall–Kier alpha value is -1.78. The second-order valence-electron chi connectivity index (χ2n) is 3.74. The lowest BCUT2D eigenvalue weighted by Gasteiger charge is -2.07. The molecule has 0 aliphatic heterocycles. The van der Waals surface area contributed by atoms with Crippen LogP contribution in [0.1, 0.15) is 19.0 Å². The summed E-state index contributed by atoms with van der Waals surface area (Å²) in [5.41, 5.74) is 1.05. The molecule has 16 heavy (non-hydrogen) atoms. The van der Waals surface area contributed by atoms with Crippen molar-refractivity contribution in [1.29, 1.82) is 0 Å². The quantitative estimate of drug-likeness (QED) is 0.668. The van der Waals surface area contributed by atoms with Crippen LogP contribution < -0.4 is 5.32 Å². The van der Waals surface area contributed by atoms with E-state index in [1.165, 1.54) is 6.92 Å². The van der Waals surface area contributed by atoms with Gasteiger partial charge in [0.2, 0.25) is 5.91 Å². The number of carboxylic acids is 1. The number of H-pyrrole nitrogens is 1. The third-order valence-electron chi connectivity index (χ3n) is 2.29. The summed E-state index contributed by atoms with van der Waals surface area (Å²) in [6.07, 6.45) is 2.57. The van der Waals surface area contributed by atoms with E-state index in [1.807, 2.05) is 18.3 Å². The van der Waals surface area contributed by atoms with Crippen LogP contribution >= 0.6 is 0 Å². The zero-order valence-corrected chi connectivity index (χ0v) is 9.19. The zero-order valence-electron chi connectivity index (χ0n) is 9.19. The first kappa shape index (κ1) is 12.3. The van der Waals surface area contributed by atoms with Crippen LogP contribution in [0.3, 0.4) is 0 Å². The monoisotopic (exact) mass is 224 g/mol. The summed E-state index contributed by atoms with van der Waals surface area (Å²) in [4.78, 5) is 24.8. The van der Waals surface area contributed by atoms with E-state index in [0.717, 1.165) is 12.1 Å². The number of aromatic nitrogens is 1. The fraction of sp³-hybridized carbons (Fsp3) is 0.455. The highest BCUT2D eigenvalue weighted by molar-refractivity contribution is 5.81. The predicted molar refractivity (Wildman–Crippen MR) is 58.9 cm³/mol. The highest BCUT2D eigenvalue weighted by Crippen LogP contribution is 2.01. The van der Waals surface area contributed by atoms with E-state index in [9.17, 15) is 9.59 Å². The molecule has 1 amide bonds. The molecule has 0 aliphatic carbocycles. The third-order valence-corrected chi connectivity index (χ3v) is 2.29. The minimum atomic E-state index is -0.945. The average molecular weight is 224 g/mol. The van der Waals surface area contributed by atoms with E-state index in [-0.39, 0.29) is 12.3 Å². The maximum Gasteiger partial charge on any atom is 0.306 e. The largest absolute Gasteiger partial charge is 0.481 e. The summed E-state index contributed by atoms with van der Waals surface area (Å²) in [7, 11) is 0. The molecule has 1 aromatic rings. The minimum Gasteiger partial charge on any atom is -0.481 e. The second kappa shape index (κ2) is 5.95. The van der Waals surface area contributed by atoms with Gasteiger partial charge < -0.3 is 15.4 Å². The van der Waals surface area contributed by atoms with Gasteiger partial charge >= 0.3 is 5.97 Å². The molecule has 0 fully saturated rings. The molecule has 1 heterocycles. The van der Waals surface area contributed by atoms with Gasteiger partial charge in [-0.2, -0.15) is 0 Å². The average Bonchev–Trinajstić information content (AvgIpc) is 2.70. The number of nitrogens with one attached hydrogen (secondary N) is 2. The van der Waals surface area contributed by atoms with Gasteiger partial charge in [-0.25, -0.2) is 0 Å². The normalized spacial score (nSPS) is 12.1. The van der Waals surface area contributed by atoms with E-state index in [4.69, 9.17) is 5.11 Å². The molecule has 3 N–H and O–H groups in total. The Morgan fingerprint density at radius 2 is 2.31 bits per heavy atom. The molecule has 0 aromatic carbocycles. The number of carbonyl (C=O) groups excluding carboxylic acids is 1. The van der Waals surface area contributed by atoms with E-state index >= 15 is 0 Å². The Morgan fingerprint density at radius 3 is 2.88 bits per heavy atom.